The van der Waals surface area contributed by atoms with Crippen molar-refractivity contribution in [2.75, 3.05) is 0 Å². The number of hydrogen-bond donors (Lipinski definition) is 0. The average molecular weight is 314 g/mol. The Morgan fingerprint density at radius 3 is 1.78 bits per heavy atom. The molecule has 112 valence electrons. The largest absolute Gasteiger partial charge is 0.118 e. The van der Waals surface area contributed by atoms with Gasteiger partial charge in [0.2, 0.25) is 0 Å². The third-order valence-electron chi connectivity index (χ3n) is 3.56. The van der Waals surface area contributed by atoms with Crippen LogP contribution in [0, 0.1) is 11.8 Å². The molecule has 0 nitrogen and oxygen atoms in total. The van der Waals surface area contributed by atoms with Gasteiger partial charge in [0.1, 0.15) is 0 Å². The lowest BCUT2D eigenvalue weighted by atomic mass is 10.1. The first kappa shape index (κ1) is 15.5. The summed E-state index contributed by atoms with van der Waals surface area (Å²) in [7, 11) is 0. The lowest BCUT2D eigenvalue weighted by Gasteiger charge is -2.11. The molecule has 0 aliphatic carbocycles. The van der Waals surface area contributed by atoms with Gasteiger partial charge in [-0.2, -0.15) is 0 Å². The third-order valence-corrected chi connectivity index (χ3v) is 4.73. The number of hydrogen-bond acceptors (Lipinski definition) is 1. The van der Waals surface area contributed by atoms with Crippen LogP contribution in [0.2, 0.25) is 0 Å². The Morgan fingerprint density at radius 2 is 1.17 bits per heavy atom. The zero-order valence-corrected chi connectivity index (χ0v) is 13.9. The Balaban J connectivity index is 1.68. The molecular formula is C22H18S. The summed E-state index contributed by atoms with van der Waals surface area (Å²) in [6.45, 7) is 2.24. The molecular weight excluding hydrogens is 296 g/mol. The van der Waals surface area contributed by atoms with Gasteiger partial charge in [-0.15, -0.1) is 11.8 Å². The van der Waals surface area contributed by atoms with Gasteiger partial charge in [0, 0.05) is 21.3 Å². The molecule has 1 unspecified atom stereocenters. The van der Waals surface area contributed by atoms with E-state index in [4.69, 9.17) is 0 Å². The SMILES string of the molecule is CC(Sc1ccccc1)c1ccc(C#Cc2ccccc2)cc1. The first-order chi connectivity index (χ1) is 11.3. The summed E-state index contributed by atoms with van der Waals surface area (Å²) in [6, 6.07) is 29.2. The highest BCUT2D eigenvalue weighted by Gasteiger charge is 2.06. The first-order valence-corrected chi connectivity index (χ1v) is 8.58. The molecule has 3 aromatic rings. The lowest BCUT2D eigenvalue weighted by Crippen LogP contribution is -1.88. The van der Waals surface area contributed by atoms with Crippen molar-refractivity contribution in [3.8, 4) is 11.8 Å². The molecule has 0 bridgehead atoms. The van der Waals surface area contributed by atoms with Crippen LogP contribution < -0.4 is 0 Å². The molecule has 3 aromatic carbocycles. The third kappa shape index (κ3) is 4.52. The monoisotopic (exact) mass is 314 g/mol. The molecule has 0 heterocycles. The Bertz CT molecular complexity index is 793. The summed E-state index contributed by atoms with van der Waals surface area (Å²) in [5.41, 5.74) is 3.42. The smallest absolute Gasteiger partial charge is 0.0316 e. The number of rotatable bonds is 3. The summed E-state index contributed by atoms with van der Waals surface area (Å²) >= 11 is 1.88. The molecule has 23 heavy (non-hydrogen) atoms. The summed E-state index contributed by atoms with van der Waals surface area (Å²) < 4.78 is 0. The maximum absolute atomic E-state index is 3.22. The van der Waals surface area contributed by atoms with Gasteiger partial charge in [-0.05, 0) is 48.9 Å². The van der Waals surface area contributed by atoms with Crippen LogP contribution >= 0.6 is 11.8 Å². The fourth-order valence-corrected chi connectivity index (χ4v) is 3.29. The molecule has 0 amide bonds. The Labute approximate surface area is 142 Å². The Morgan fingerprint density at radius 1 is 0.652 bits per heavy atom. The van der Waals surface area contributed by atoms with Gasteiger partial charge in [0.25, 0.3) is 0 Å². The van der Waals surface area contributed by atoms with Gasteiger partial charge >= 0.3 is 0 Å². The van der Waals surface area contributed by atoms with Gasteiger partial charge in [-0.3, -0.25) is 0 Å². The standard InChI is InChI=1S/C22H18S/c1-18(23-22-10-6-3-7-11-22)21-16-14-20(15-17-21)13-12-19-8-4-2-5-9-19/h2-11,14-18H,1H3. The highest BCUT2D eigenvalue weighted by atomic mass is 32.2. The van der Waals surface area contributed by atoms with E-state index >= 15 is 0 Å². The maximum Gasteiger partial charge on any atom is 0.0316 e. The van der Waals surface area contributed by atoms with E-state index in [0.29, 0.717) is 5.25 Å². The molecule has 3 rings (SSSR count). The van der Waals surface area contributed by atoms with Gasteiger partial charge < -0.3 is 0 Å². The molecule has 0 N–H and O–H groups in total. The van der Waals surface area contributed by atoms with Crippen LogP contribution in [0.1, 0.15) is 28.9 Å². The number of benzene rings is 3. The zero-order chi connectivity index (χ0) is 15.9. The van der Waals surface area contributed by atoms with Crippen LogP contribution in [0.25, 0.3) is 0 Å². The van der Waals surface area contributed by atoms with Crippen LogP contribution in [-0.4, -0.2) is 0 Å². The zero-order valence-electron chi connectivity index (χ0n) is 13.1. The van der Waals surface area contributed by atoms with E-state index in [1.54, 1.807) is 0 Å². The molecule has 0 fully saturated rings. The second-order valence-electron chi connectivity index (χ2n) is 5.31. The second kappa shape index (κ2) is 7.72. The van der Waals surface area contributed by atoms with E-state index in [1.165, 1.54) is 10.5 Å². The van der Waals surface area contributed by atoms with Crippen LogP contribution in [0.3, 0.4) is 0 Å². The fourth-order valence-electron chi connectivity index (χ4n) is 2.27. The number of thioether (sulfide) groups is 1. The van der Waals surface area contributed by atoms with Gasteiger partial charge in [-0.1, -0.05) is 60.4 Å². The molecule has 0 saturated heterocycles. The van der Waals surface area contributed by atoms with Crippen molar-refractivity contribution in [2.24, 2.45) is 0 Å². The summed E-state index contributed by atoms with van der Waals surface area (Å²) in [4.78, 5) is 1.30. The second-order valence-corrected chi connectivity index (χ2v) is 6.73. The van der Waals surface area contributed by atoms with Crippen molar-refractivity contribution in [1.29, 1.82) is 0 Å². The molecule has 0 spiro atoms. The van der Waals surface area contributed by atoms with Crippen LogP contribution in [0.5, 0.6) is 0 Å². The molecule has 0 aliphatic rings. The van der Waals surface area contributed by atoms with E-state index in [-0.39, 0.29) is 0 Å². The first-order valence-electron chi connectivity index (χ1n) is 7.70. The fraction of sp³-hybridized carbons (Fsp3) is 0.0909. The Kier molecular flexibility index (Phi) is 5.19. The van der Waals surface area contributed by atoms with Crippen molar-refractivity contribution in [2.45, 2.75) is 17.1 Å². The lowest BCUT2D eigenvalue weighted by molar-refractivity contribution is 1.09. The van der Waals surface area contributed by atoms with E-state index in [1.807, 2.05) is 42.1 Å². The predicted molar refractivity (Wildman–Crippen MR) is 99.6 cm³/mol. The molecule has 0 aromatic heterocycles. The molecule has 0 aliphatic heterocycles. The maximum atomic E-state index is 3.22. The minimum atomic E-state index is 0.425. The van der Waals surface area contributed by atoms with E-state index in [2.05, 4.69) is 73.4 Å². The van der Waals surface area contributed by atoms with E-state index in [9.17, 15) is 0 Å². The summed E-state index contributed by atoms with van der Waals surface area (Å²) in [5, 5.41) is 0.425. The van der Waals surface area contributed by atoms with Gasteiger partial charge in [0.15, 0.2) is 0 Å². The van der Waals surface area contributed by atoms with Crippen molar-refractivity contribution >= 4 is 11.8 Å². The molecule has 1 atom stereocenters. The highest BCUT2D eigenvalue weighted by Crippen LogP contribution is 2.34. The van der Waals surface area contributed by atoms with Crippen LogP contribution in [0.4, 0.5) is 0 Å². The van der Waals surface area contributed by atoms with Crippen molar-refractivity contribution in [1.82, 2.24) is 0 Å². The minimum Gasteiger partial charge on any atom is -0.118 e. The minimum absolute atomic E-state index is 0.425. The predicted octanol–water partition coefficient (Wildman–Crippen LogP) is 5.94. The average Bonchev–Trinajstić information content (AvgIpc) is 2.62. The molecule has 0 saturated carbocycles. The van der Waals surface area contributed by atoms with E-state index < -0.39 is 0 Å². The summed E-state index contributed by atoms with van der Waals surface area (Å²) in [6.07, 6.45) is 0. The quantitative estimate of drug-likeness (QED) is 0.426. The molecule has 1 heteroatoms. The van der Waals surface area contributed by atoms with Crippen molar-refractivity contribution in [3.63, 3.8) is 0 Å². The topological polar surface area (TPSA) is 0 Å². The van der Waals surface area contributed by atoms with E-state index in [0.717, 1.165) is 11.1 Å². The van der Waals surface area contributed by atoms with Gasteiger partial charge in [-0.25, -0.2) is 0 Å². The summed E-state index contributed by atoms with van der Waals surface area (Å²) in [5.74, 6) is 6.41. The molecule has 0 radical (unpaired) electrons. The van der Waals surface area contributed by atoms with Crippen molar-refractivity contribution < 1.29 is 0 Å². The van der Waals surface area contributed by atoms with Crippen molar-refractivity contribution in [3.05, 3.63) is 102 Å². The highest BCUT2D eigenvalue weighted by molar-refractivity contribution is 7.99. The van der Waals surface area contributed by atoms with Gasteiger partial charge in [0.05, 0.1) is 0 Å². The van der Waals surface area contributed by atoms with Crippen LogP contribution in [0.15, 0.2) is 89.8 Å². The Hall–Kier alpha value is -2.43. The van der Waals surface area contributed by atoms with Crippen LogP contribution in [-0.2, 0) is 0 Å². The normalized spacial score (nSPS) is 11.3.